The summed E-state index contributed by atoms with van der Waals surface area (Å²) in [5, 5.41) is 6.35. The van der Waals surface area contributed by atoms with E-state index in [2.05, 4.69) is 54.8 Å². The van der Waals surface area contributed by atoms with Crippen LogP contribution in [-0.2, 0) is 4.79 Å². The van der Waals surface area contributed by atoms with Gasteiger partial charge in [0, 0.05) is 46.1 Å². The van der Waals surface area contributed by atoms with Gasteiger partial charge in [-0.2, -0.15) is 0 Å². The number of carbonyl (C=O) groups is 1. The lowest BCUT2D eigenvalue weighted by molar-refractivity contribution is -0.117. The van der Waals surface area contributed by atoms with Crippen LogP contribution in [-0.4, -0.2) is 32.7 Å². The molecule has 0 unspecified atom stereocenters. The zero-order chi connectivity index (χ0) is 24.7. The zero-order valence-electron chi connectivity index (χ0n) is 21.5. The number of anilines is 1. The molecule has 33 heavy (non-hydrogen) atoms. The van der Waals surface area contributed by atoms with Gasteiger partial charge in [-0.05, 0) is 72.2 Å². The molecule has 0 atom stereocenters. The van der Waals surface area contributed by atoms with E-state index in [1.165, 1.54) is 5.57 Å². The molecule has 0 saturated heterocycles. The van der Waals surface area contributed by atoms with Crippen molar-refractivity contribution in [2.45, 2.75) is 54.5 Å². The second kappa shape index (κ2) is 11.6. The Bertz CT molecular complexity index is 1040. The second-order valence-corrected chi connectivity index (χ2v) is 8.80. The summed E-state index contributed by atoms with van der Waals surface area (Å²) in [6.45, 7) is 14.7. The Morgan fingerprint density at radius 1 is 0.970 bits per heavy atom. The number of rotatable bonds is 9. The van der Waals surface area contributed by atoms with Crippen LogP contribution in [0.2, 0.25) is 0 Å². The average Bonchev–Trinajstić information content (AvgIpc) is 2.75. The first-order valence-electron chi connectivity index (χ1n) is 11.3. The summed E-state index contributed by atoms with van der Waals surface area (Å²) in [5.74, 6) is 1.43. The van der Waals surface area contributed by atoms with Gasteiger partial charge < -0.3 is 20.1 Å². The van der Waals surface area contributed by atoms with Gasteiger partial charge in [0.1, 0.15) is 11.5 Å². The Kier molecular flexibility index (Phi) is 9.15. The first-order chi connectivity index (χ1) is 15.6. The van der Waals surface area contributed by atoms with Crippen molar-refractivity contribution in [2.75, 3.05) is 26.1 Å². The van der Waals surface area contributed by atoms with E-state index >= 15 is 0 Å². The molecule has 0 bridgehead atoms. The van der Waals surface area contributed by atoms with Crippen LogP contribution in [0.3, 0.4) is 0 Å². The molecule has 2 aromatic carbocycles. The molecule has 0 heterocycles. The van der Waals surface area contributed by atoms with Gasteiger partial charge in [0.15, 0.2) is 0 Å². The molecule has 5 nitrogen and oxygen atoms in total. The van der Waals surface area contributed by atoms with Crippen molar-refractivity contribution in [3.63, 3.8) is 0 Å². The summed E-state index contributed by atoms with van der Waals surface area (Å²) in [7, 11) is 3.34. The Balaban J connectivity index is 2.55. The molecular formula is C28H38N2O3. The van der Waals surface area contributed by atoms with Crippen molar-refractivity contribution in [3.05, 3.63) is 58.2 Å². The number of benzene rings is 2. The van der Waals surface area contributed by atoms with E-state index in [9.17, 15) is 4.79 Å². The molecule has 2 rings (SSSR count). The lowest BCUT2D eigenvalue weighted by Crippen LogP contribution is -2.30. The van der Waals surface area contributed by atoms with Crippen LogP contribution >= 0.6 is 0 Å². The van der Waals surface area contributed by atoms with Crippen molar-refractivity contribution >= 4 is 17.7 Å². The first-order valence-corrected chi connectivity index (χ1v) is 11.3. The van der Waals surface area contributed by atoms with Gasteiger partial charge in [0.2, 0.25) is 5.91 Å². The van der Waals surface area contributed by atoms with Crippen LogP contribution in [0, 0.1) is 13.8 Å². The second-order valence-electron chi connectivity index (χ2n) is 8.80. The fraction of sp³-hybridized carbons (Fsp3) is 0.393. The molecule has 0 fully saturated rings. The summed E-state index contributed by atoms with van der Waals surface area (Å²) in [5.41, 5.74) is 7.74. The summed E-state index contributed by atoms with van der Waals surface area (Å²) in [6.07, 6.45) is 4.03. The van der Waals surface area contributed by atoms with E-state index in [-0.39, 0.29) is 11.9 Å². The van der Waals surface area contributed by atoms with Gasteiger partial charge in [-0.3, -0.25) is 4.79 Å². The number of amides is 1. The van der Waals surface area contributed by atoms with Gasteiger partial charge in [0.05, 0.1) is 14.2 Å². The van der Waals surface area contributed by atoms with E-state index in [0.29, 0.717) is 5.57 Å². The molecule has 0 aliphatic heterocycles. The lowest BCUT2D eigenvalue weighted by Gasteiger charge is -2.21. The molecule has 0 radical (unpaired) electrons. The van der Waals surface area contributed by atoms with Crippen molar-refractivity contribution in [2.24, 2.45) is 0 Å². The van der Waals surface area contributed by atoms with E-state index < -0.39 is 0 Å². The molecular weight excluding hydrogens is 412 g/mol. The van der Waals surface area contributed by atoms with Crippen LogP contribution in [0.4, 0.5) is 5.69 Å². The fourth-order valence-corrected chi connectivity index (χ4v) is 3.79. The smallest absolute Gasteiger partial charge is 0.247 e. The highest BCUT2D eigenvalue weighted by Crippen LogP contribution is 2.44. The maximum Gasteiger partial charge on any atom is 0.247 e. The fourth-order valence-electron chi connectivity index (χ4n) is 3.79. The number of methoxy groups -OCH3 is 2. The number of nitrogens with one attached hydrogen (secondary N) is 2. The number of hydrogen-bond acceptors (Lipinski definition) is 4. The zero-order valence-corrected chi connectivity index (χ0v) is 21.5. The monoisotopic (exact) mass is 450 g/mol. The third kappa shape index (κ3) is 6.41. The van der Waals surface area contributed by atoms with Crippen LogP contribution in [0.5, 0.6) is 11.5 Å². The third-order valence-corrected chi connectivity index (χ3v) is 5.47. The predicted octanol–water partition coefficient (Wildman–Crippen LogP) is 6.29. The minimum Gasteiger partial charge on any atom is -0.496 e. The molecule has 0 spiro atoms. The third-order valence-electron chi connectivity index (χ3n) is 5.47. The molecule has 2 N–H and O–H groups in total. The first kappa shape index (κ1) is 26.0. The Labute approximate surface area is 198 Å². The van der Waals surface area contributed by atoms with Gasteiger partial charge in [0.25, 0.3) is 0 Å². The van der Waals surface area contributed by atoms with E-state index in [1.54, 1.807) is 14.2 Å². The highest BCUT2D eigenvalue weighted by atomic mass is 16.5. The SMILES string of the molecule is COc1c(C)c(-c2ccc(NCC=C(C)C)cc2)c(OC)c(C)c1/C=C(\C)C(=O)NC(C)C. The van der Waals surface area contributed by atoms with Gasteiger partial charge in [-0.1, -0.05) is 23.8 Å². The molecule has 0 aromatic heterocycles. The molecule has 2 aromatic rings. The highest BCUT2D eigenvalue weighted by molar-refractivity contribution is 5.98. The van der Waals surface area contributed by atoms with Crippen LogP contribution < -0.4 is 20.1 Å². The maximum absolute atomic E-state index is 12.5. The topological polar surface area (TPSA) is 59.6 Å². The minimum absolute atomic E-state index is 0.0713. The Morgan fingerprint density at radius 3 is 2.09 bits per heavy atom. The number of hydrogen-bond donors (Lipinski definition) is 2. The molecule has 5 heteroatoms. The summed E-state index contributed by atoms with van der Waals surface area (Å²) in [4.78, 5) is 12.5. The largest absolute Gasteiger partial charge is 0.496 e. The standard InChI is InChI=1S/C28H38N2O3/c1-17(2)14-15-29-23-12-10-22(11-13-23)25-21(7)26(32-8)24(20(6)27(25)33-9)16-19(5)28(31)30-18(3)4/h10-14,16,18,29H,15H2,1-9H3,(H,30,31)/b19-16+. The Morgan fingerprint density at radius 2 is 1.58 bits per heavy atom. The quantitative estimate of drug-likeness (QED) is 0.348. The summed E-state index contributed by atoms with van der Waals surface area (Å²) < 4.78 is 11.7. The van der Waals surface area contributed by atoms with Crippen LogP contribution in [0.15, 0.2) is 41.5 Å². The van der Waals surface area contributed by atoms with Gasteiger partial charge >= 0.3 is 0 Å². The van der Waals surface area contributed by atoms with Crippen LogP contribution in [0.1, 0.15) is 51.3 Å². The maximum atomic E-state index is 12.5. The molecule has 0 saturated carbocycles. The molecule has 0 aliphatic carbocycles. The van der Waals surface area contributed by atoms with Crippen molar-refractivity contribution in [3.8, 4) is 22.6 Å². The van der Waals surface area contributed by atoms with Gasteiger partial charge in [-0.15, -0.1) is 0 Å². The number of allylic oxidation sites excluding steroid dienone is 1. The van der Waals surface area contributed by atoms with Gasteiger partial charge in [-0.25, -0.2) is 0 Å². The average molecular weight is 451 g/mol. The summed E-state index contributed by atoms with van der Waals surface area (Å²) in [6, 6.07) is 8.39. The highest BCUT2D eigenvalue weighted by Gasteiger charge is 2.22. The lowest BCUT2D eigenvalue weighted by atomic mass is 9.91. The minimum atomic E-state index is -0.0941. The molecule has 178 valence electrons. The van der Waals surface area contributed by atoms with Crippen molar-refractivity contribution in [1.82, 2.24) is 5.32 Å². The predicted molar refractivity (Wildman–Crippen MR) is 139 cm³/mol. The Hall–Kier alpha value is -3.21. The van der Waals surface area contributed by atoms with E-state index in [4.69, 9.17) is 9.47 Å². The number of ether oxygens (including phenoxy) is 2. The molecule has 1 amide bonds. The normalized spacial score (nSPS) is 11.3. The van der Waals surface area contributed by atoms with E-state index in [1.807, 2.05) is 40.7 Å². The van der Waals surface area contributed by atoms with Crippen LogP contribution in [0.25, 0.3) is 17.2 Å². The van der Waals surface area contributed by atoms with E-state index in [0.717, 1.165) is 51.5 Å². The molecule has 0 aliphatic rings. The number of carbonyl (C=O) groups excluding carboxylic acids is 1. The van der Waals surface area contributed by atoms with Crippen molar-refractivity contribution < 1.29 is 14.3 Å². The van der Waals surface area contributed by atoms with Crippen molar-refractivity contribution in [1.29, 1.82) is 0 Å². The summed E-state index contributed by atoms with van der Waals surface area (Å²) >= 11 is 0.